The Morgan fingerprint density at radius 3 is 2.06 bits per heavy atom. The summed E-state index contributed by atoms with van der Waals surface area (Å²) in [5.41, 5.74) is 9.40. The third-order valence-corrected chi connectivity index (χ3v) is 10.2. The first kappa shape index (κ1) is 22.1. The molecule has 1 fully saturated rings. The fourth-order valence-electron chi connectivity index (χ4n) is 4.75. The molecule has 1 saturated heterocycles. The molecule has 164 valence electrons. The van der Waals surface area contributed by atoms with Crippen molar-refractivity contribution in [2.24, 2.45) is 0 Å². The first-order valence-corrected chi connectivity index (χ1v) is 15.3. The van der Waals surface area contributed by atoms with E-state index in [1.165, 1.54) is 64.5 Å². The summed E-state index contributed by atoms with van der Waals surface area (Å²) in [7, 11) is -0.953. The predicted molar refractivity (Wildman–Crippen MR) is 137 cm³/mol. The molecule has 0 atom stereocenters. The fourth-order valence-corrected chi connectivity index (χ4v) is 6.84. The molecule has 2 nitrogen and oxygen atoms in total. The topological polar surface area (TPSA) is 8.17 Å². The molecular weight excluding hydrogens is 392 g/mol. The van der Waals surface area contributed by atoms with Crippen LogP contribution in [0.5, 0.6) is 0 Å². The standard InChI is InChI=1S/C28H38N2Si/c1-21(2)24-11-13-27(14-12-24)30-23(4)19-26(20-29-15-17-31(5,6)18-16-29)28(30)25-9-7-22(3)8-10-25/h7-14,19,21H,15-18,20H2,1-6H3. The molecule has 0 amide bonds. The molecule has 31 heavy (non-hydrogen) atoms. The molecule has 4 rings (SSSR count). The SMILES string of the molecule is Cc1ccc(-c2c(CN3CC[Si](C)(C)CC3)cc(C)n2-c2ccc(C(C)C)cc2)cc1. The number of aryl methyl sites for hydroxylation is 2. The van der Waals surface area contributed by atoms with Crippen molar-refractivity contribution >= 4 is 8.07 Å². The average molecular weight is 431 g/mol. The Morgan fingerprint density at radius 1 is 0.871 bits per heavy atom. The first-order valence-electron chi connectivity index (χ1n) is 11.8. The molecule has 2 heterocycles. The van der Waals surface area contributed by atoms with Crippen LogP contribution in [0.25, 0.3) is 16.9 Å². The van der Waals surface area contributed by atoms with Crippen LogP contribution in [-0.2, 0) is 6.54 Å². The molecule has 0 radical (unpaired) electrons. The second kappa shape index (κ2) is 8.80. The number of nitrogens with zero attached hydrogens (tertiary/aromatic N) is 2. The lowest BCUT2D eigenvalue weighted by Gasteiger charge is -2.35. The van der Waals surface area contributed by atoms with Gasteiger partial charge in [-0.2, -0.15) is 0 Å². The molecule has 1 aromatic heterocycles. The summed E-state index contributed by atoms with van der Waals surface area (Å²) in [6.07, 6.45) is 0. The lowest BCUT2D eigenvalue weighted by molar-refractivity contribution is 0.282. The molecule has 0 spiro atoms. The highest BCUT2D eigenvalue weighted by Crippen LogP contribution is 2.33. The minimum absolute atomic E-state index is 0.554. The van der Waals surface area contributed by atoms with Crippen LogP contribution >= 0.6 is 0 Å². The van der Waals surface area contributed by atoms with Crippen LogP contribution in [0, 0.1) is 13.8 Å². The van der Waals surface area contributed by atoms with Crippen molar-refractivity contribution in [3.05, 3.63) is 77.0 Å². The van der Waals surface area contributed by atoms with E-state index in [-0.39, 0.29) is 0 Å². The van der Waals surface area contributed by atoms with Crippen LogP contribution in [0.1, 0.15) is 42.1 Å². The maximum absolute atomic E-state index is 2.68. The number of rotatable bonds is 5. The van der Waals surface area contributed by atoms with Crippen molar-refractivity contribution < 1.29 is 0 Å². The van der Waals surface area contributed by atoms with E-state index in [0.29, 0.717) is 5.92 Å². The third kappa shape index (κ3) is 4.88. The van der Waals surface area contributed by atoms with E-state index in [1.807, 2.05) is 0 Å². The highest BCUT2D eigenvalue weighted by atomic mass is 28.3. The van der Waals surface area contributed by atoms with E-state index in [2.05, 4.69) is 105 Å². The smallest absolute Gasteiger partial charge is 0.0576 e. The van der Waals surface area contributed by atoms with Gasteiger partial charge < -0.3 is 4.57 Å². The van der Waals surface area contributed by atoms with Gasteiger partial charge in [-0.05, 0) is 79.8 Å². The minimum atomic E-state index is -0.953. The summed E-state index contributed by atoms with van der Waals surface area (Å²) in [6, 6.07) is 23.5. The molecule has 0 aliphatic carbocycles. The van der Waals surface area contributed by atoms with Crippen LogP contribution < -0.4 is 0 Å². The number of hydrogen-bond acceptors (Lipinski definition) is 1. The van der Waals surface area contributed by atoms with Gasteiger partial charge in [-0.1, -0.05) is 68.9 Å². The number of aromatic nitrogens is 1. The maximum Gasteiger partial charge on any atom is 0.0576 e. The van der Waals surface area contributed by atoms with Crippen LogP contribution in [0.15, 0.2) is 54.6 Å². The lowest BCUT2D eigenvalue weighted by atomic mass is 10.0. The monoisotopic (exact) mass is 430 g/mol. The van der Waals surface area contributed by atoms with E-state index in [0.717, 1.165) is 6.54 Å². The van der Waals surface area contributed by atoms with E-state index in [9.17, 15) is 0 Å². The molecule has 1 aliphatic heterocycles. The molecule has 1 aliphatic rings. The van der Waals surface area contributed by atoms with Crippen LogP contribution in [0.4, 0.5) is 0 Å². The largest absolute Gasteiger partial charge is 0.314 e. The zero-order valence-corrected chi connectivity index (χ0v) is 21.2. The number of benzene rings is 2. The van der Waals surface area contributed by atoms with Gasteiger partial charge in [0.2, 0.25) is 0 Å². The Bertz CT molecular complexity index is 1020. The summed E-state index contributed by atoms with van der Waals surface area (Å²) in [5.74, 6) is 0.554. The van der Waals surface area contributed by atoms with E-state index in [4.69, 9.17) is 0 Å². The summed E-state index contributed by atoms with van der Waals surface area (Å²) < 4.78 is 2.47. The Kier molecular flexibility index (Phi) is 6.27. The van der Waals surface area contributed by atoms with Crippen molar-refractivity contribution in [1.29, 1.82) is 0 Å². The summed E-state index contributed by atoms with van der Waals surface area (Å²) in [6.45, 7) is 17.6. The van der Waals surface area contributed by atoms with Gasteiger partial charge in [0.1, 0.15) is 0 Å². The van der Waals surface area contributed by atoms with Crippen molar-refractivity contribution in [2.45, 2.75) is 65.3 Å². The van der Waals surface area contributed by atoms with Crippen molar-refractivity contribution in [3.8, 4) is 16.9 Å². The zero-order chi connectivity index (χ0) is 22.2. The second-order valence-electron chi connectivity index (χ2n) is 10.5. The molecule has 0 saturated carbocycles. The second-order valence-corrected chi connectivity index (χ2v) is 15.9. The van der Waals surface area contributed by atoms with Gasteiger partial charge in [0.05, 0.1) is 5.69 Å². The van der Waals surface area contributed by atoms with E-state index in [1.54, 1.807) is 0 Å². The highest BCUT2D eigenvalue weighted by Gasteiger charge is 2.28. The summed E-state index contributed by atoms with van der Waals surface area (Å²) >= 11 is 0. The molecular formula is C28H38N2Si. The van der Waals surface area contributed by atoms with Gasteiger partial charge in [0.25, 0.3) is 0 Å². The van der Waals surface area contributed by atoms with Gasteiger partial charge in [-0.15, -0.1) is 0 Å². The molecule has 0 unspecified atom stereocenters. The van der Waals surface area contributed by atoms with Crippen LogP contribution in [-0.4, -0.2) is 30.6 Å². The van der Waals surface area contributed by atoms with E-state index >= 15 is 0 Å². The predicted octanol–water partition coefficient (Wildman–Crippen LogP) is 7.41. The van der Waals surface area contributed by atoms with Gasteiger partial charge >= 0.3 is 0 Å². The Hall–Kier alpha value is -2.10. The van der Waals surface area contributed by atoms with Crippen LogP contribution in [0.3, 0.4) is 0 Å². The van der Waals surface area contributed by atoms with E-state index < -0.39 is 8.07 Å². The van der Waals surface area contributed by atoms with Crippen molar-refractivity contribution in [1.82, 2.24) is 9.47 Å². The summed E-state index contributed by atoms with van der Waals surface area (Å²) in [4.78, 5) is 2.68. The summed E-state index contributed by atoms with van der Waals surface area (Å²) in [5, 5.41) is 0. The van der Waals surface area contributed by atoms with Gasteiger partial charge in [0.15, 0.2) is 0 Å². The van der Waals surface area contributed by atoms with Gasteiger partial charge in [-0.3, -0.25) is 4.90 Å². The maximum atomic E-state index is 2.68. The first-order chi connectivity index (χ1) is 14.7. The molecule has 3 aromatic rings. The van der Waals surface area contributed by atoms with Crippen molar-refractivity contribution in [3.63, 3.8) is 0 Å². The Labute approximate surface area is 189 Å². The third-order valence-electron chi connectivity index (χ3n) is 7.01. The number of hydrogen-bond donors (Lipinski definition) is 0. The minimum Gasteiger partial charge on any atom is -0.314 e. The van der Waals surface area contributed by atoms with Gasteiger partial charge in [0, 0.05) is 26.0 Å². The Balaban J connectivity index is 1.75. The molecule has 3 heteroatoms. The highest BCUT2D eigenvalue weighted by molar-refractivity contribution is 6.77. The normalized spacial score (nSPS) is 16.7. The molecule has 0 bridgehead atoms. The quantitative estimate of drug-likeness (QED) is 0.383. The lowest BCUT2D eigenvalue weighted by Crippen LogP contribution is -2.42. The molecule has 0 N–H and O–H groups in total. The average Bonchev–Trinajstić information content (AvgIpc) is 3.06. The van der Waals surface area contributed by atoms with Gasteiger partial charge in [-0.25, -0.2) is 0 Å². The Morgan fingerprint density at radius 2 is 1.48 bits per heavy atom. The zero-order valence-electron chi connectivity index (χ0n) is 20.2. The fraction of sp³-hybridized carbons (Fsp3) is 0.429. The van der Waals surface area contributed by atoms with Crippen LogP contribution in [0.2, 0.25) is 25.2 Å². The molecule has 2 aromatic carbocycles. The van der Waals surface area contributed by atoms with Crippen molar-refractivity contribution in [2.75, 3.05) is 13.1 Å².